The lowest BCUT2D eigenvalue weighted by Crippen LogP contribution is -2.48. The number of likely N-dealkylation sites (N-methyl/N-ethyl adjacent to an activating group) is 1. The molecule has 0 saturated heterocycles. The molecule has 0 aromatic rings. The van der Waals surface area contributed by atoms with Gasteiger partial charge in [-0.25, -0.2) is 0 Å². The van der Waals surface area contributed by atoms with Crippen LogP contribution in [0.1, 0.15) is 66.7 Å². The van der Waals surface area contributed by atoms with Crippen molar-refractivity contribution >= 4 is 0 Å². The smallest absolute Gasteiger partial charge is 0.0220 e. The zero-order valence-corrected chi connectivity index (χ0v) is 15.0. The standard InChI is InChI=1S/C18H38N2/c1-8-18(4,5)15-9-11-16(12-10-15)19-17(14(2)3)13-20(6)7/h14-17,19H,8-13H2,1-7H3. The van der Waals surface area contributed by atoms with Crippen LogP contribution in [-0.2, 0) is 0 Å². The van der Waals surface area contributed by atoms with E-state index in [2.05, 4.69) is 58.9 Å². The van der Waals surface area contributed by atoms with E-state index in [1.807, 2.05) is 0 Å². The fraction of sp³-hybridized carbons (Fsp3) is 1.00. The third kappa shape index (κ3) is 5.37. The molecule has 0 amide bonds. The van der Waals surface area contributed by atoms with Crippen LogP contribution >= 0.6 is 0 Å². The molecule has 1 saturated carbocycles. The summed E-state index contributed by atoms with van der Waals surface area (Å²) in [7, 11) is 4.36. The van der Waals surface area contributed by atoms with Crippen molar-refractivity contribution in [2.24, 2.45) is 17.3 Å². The van der Waals surface area contributed by atoms with Crippen LogP contribution in [0, 0.1) is 17.3 Å². The van der Waals surface area contributed by atoms with E-state index in [4.69, 9.17) is 0 Å². The van der Waals surface area contributed by atoms with E-state index in [1.165, 1.54) is 32.1 Å². The van der Waals surface area contributed by atoms with Gasteiger partial charge in [-0.1, -0.05) is 41.0 Å². The molecule has 1 atom stereocenters. The van der Waals surface area contributed by atoms with Gasteiger partial charge in [-0.05, 0) is 57.0 Å². The second-order valence-electron chi connectivity index (χ2n) is 8.17. The molecule has 0 aliphatic heterocycles. The van der Waals surface area contributed by atoms with Gasteiger partial charge in [0, 0.05) is 18.6 Å². The van der Waals surface area contributed by atoms with Gasteiger partial charge in [0.15, 0.2) is 0 Å². The Morgan fingerprint density at radius 1 is 1.10 bits per heavy atom. The fourth-order valence-electron chi connectivity index (χ4n) is 3.48. The largest absolute Gasteiger partial charge is 0.310 e. The van der Waals surface area contributed by atoms with Gasteiger partial charge in [0.1, 0.15) is 0 Å². The summed E-state index contributed by atoms with van der Waals surface area (Å²) in [4.78, 5) is 2.31. The highest BCUT2D eigenvalue weighted by atomic mass is 15.1. The summed E-state index contributed by atoms with van der Waals surface area (Å²) in [5, 5.41) is 3.94. The first-order chi connectivity index (χ1) is 9.26. The summed E-state index contributed by atoms with van der Waals surface area (Å²) < 4.78 is 0. The van der Waals surface area contributed by atoms with Crippen molar-refractivity contribution in [2.45, 2.75) is 78.8 Å². The summed E-state index contributed by atoms with van der Waals surface area (Å²) >= 11 is 0. The van der Waals surface area contributed by atoms with Crippen molar-refractivity contribution in [3.63, 3.8) is 0 Å². The summed E-state index contributed by atoms with van der Waals surface area (Å²) in [6, 6.07) is 1.37. The molecule has 0 aromatic heterocycles. The Balaban J connectivity index is 2.44. The Hall–Kier alpha value is -0.0800. The zero-order chi connectivity index (χ0) is 15.3. The fourth-order valence-corrected chi connectivity index (χ4v) is 3.48. The first-order valence-electron chi connectivity index (χ1n) is 8.67. The van der Waals surface area contributed by atoms with Crippen LogP contribution in [-0.4, -0.2) is 37.6 Å². The highest BCUT2D eigenvalue weighted by Crippen LogP contribution is 2.40. The summed E-state index contributed by atoms with van der Waals surface area (Å²) in [6.07, 6.45) is 6.86. The first-order valence-corrected chi connectivity index (χ1v) is 8.67. The second-order valence-corrected chi connectivity index (χ2v) is 8.17. The molecular formula is C18H38N2. The maximum absolute atomic E-state index is 3.94. The molecule has 1 aliphatic rings. The highest BCUT2D eigenvalue weighted by molar-refractivity contribution is 4.87. The Bertz CT molecular complexity index is 263. The van der Waals surface area contributed by atoms with Gasteiger partial charge in [-0.3, -0.25) is 0 Å². The van der Waals surface area contributed by atoms with Gasteiger partial charge in [-0.2, -0.15) is 0 Å². The Morgan fingerprint density at radius 2 is 1.65 bits per heavy atom. The Labute approximate surface area is 127 Å². The summed E-state index contributed by atoms with van der Waals surface area (Å²) in [6.45, 7) is 13.1. The number of hydrogen-bond donors (Lipinski definition) is 1. The number of nitrogens with zero attached hydrogens (tertiary/aromatic N) is 1. The normalized spacial score (nSPS) is 26.2. The average molecular weight is 283 g/mol. The lowest BCUT2D eigenvalue weighted by Gasteiger charge is -2.40. The molecular weight excluding hydrogens is 244 g/mol. The third-order valence-electron chi connectivity index (χ3n) is 5.56. The minimum Gasteiger partial charge on any atom is -0.310 e. The Kier molecular flexibility index (Phi) is 7.00. The third-order valence-corrected chi connectivity index (χ3v) is 5.56. The molecule has 1 fully saturated rings. The molecule has 1 unspecified atom stereocenters. The lowest BCUT2D eigenvalue weighted by molar-refractivity contribution is 0.128. The van der Waals surface area contributed by atoms with Gasteiger partial charge in [0.2, 0.25) is 0 Å². The highest BCUT2D eigenvalue weighted by Gasteiger charge is 2.32. The van der Waals surface area contributed by atoms with E-state index in [0.29, 0.717) is 17.4 Å². The molecule has 2 heteroatoms. The second kappa shape index (κ2) is 7.79. The van der Waals surface area contributed by atoms with Crippen LogP contribution in [0.5, 0.6) is 0 Å². The van der Waals surface area contributed by atoms with Gasteiger partial charge in [-0.15, -0.1) is 0 Å². The average Bonchev–Trinajstić information content (AvgIpc) is 2.38. The van der Waals surface area contributed by atoms with Crippen LogP contribution in [0.25, 0.3) is 0 Å². The molecule has 0 heterocycles. The first kappa shape index (κ1) is 18.0. The van der Waals surface area contributed by atoms with Crippen LogP contribution in [0.4, 0.5) is 0 Å². The molecule has 0 radical (unpaired) electrons. The number of nitrogens with one attached hydrogen (secondary N) is 1. The van der Waals surface area contributed by atoms with Crippen molar-refractivity contribution in [1.82, 2.24) is 10.2 Å². The van der Waals surface area contributed by atoms with E-state index >= 15 is 0 Å². The van der Waals surface area contributed by atoms with E-state index in [9.17, 15) is 0 Å². The monoisotopic (exact) mass is 282 g/mol. The van der Waals surface area contributed by atoms with Crippen molar-refractivity contribution < 1.29 is 0 Å². The van der Waals surface area contributed by atoms with Crippen LogP contribution < -0.4 is 5.32 Å². The maximum atomic E-state index is 3.94. The molecule has 1 N–H and O–H groups in total. The topological polar surface area (TPSA) is 15.3 Å². The minimum atomic E-state index is 0.534. The van der Waals surface area contributed by atoms with Gasteiger partial charge < -0.3 is 10.2 Å². The van der Waals surface area contributed by atoms with Crippen molar-refractivity contribution in [2.75, 3.05) is 20.6 Å². The molecule has 2 nitrogen and oxygen atoms in total. The van der Waals surface area contributed by atoms with Gasteiger partial charge in [0.25, 0.3) is 0 Å². The number of hydrogen-bond acceptors (Lipinski definition) is 2. The number of rotatable bonds is 7. The van der Waals surface area contributed by atoms with E-state index in [-0.39, 0.29) is 0 Å². The predicted molar refractivity (Wildman–Crippen MR) is 90.1 cm³/mol. The van der Waals surface area contributed by atoms with Crippen molar-refractivity contribution in [1.29, 1.82) is 0 Å². The van der Waals surface area contributed by atoms with Crippen LogP contribution in [0.3, 0.4) is 0 Å². The summed E-state index contributed by atoms with van der Waals surface area (Å²) in [5.74, 6) is 1.64. The molecule has 120 valence electrons. The molecule has 1 aliphatic carbocycles. The van der Waals surface area contributed by atoms with Crippen LogP contribution in [0.2, 0.25) is 0 Å². The summed E-state index contributed by atoms with van der Waals surface area (Å²) in [5.41, 5.74) is 0.534. The minimum absolute atomic E-state index is 0.534. The van der Waals surface area contributed by atoms with E-state index < -0.39 is 0 Å². The predicted octanol–water partition coefficient (Wildman–Crippen LogP) is 4.16. The lowest BCUT2D eigenvalue weighted by atomic mass is 9.69. The van der Waals surface area contributed by atoms with Gasteiger partial charge in [0.05, 0.1) is 0 Å². The van der Waals surface area contributed by atoms with Crippen LogP contribution in [0.15, 0.2) is 0 Å². The molecule has 0 bridgehead atoms. The molecule has 0 aromatic carbocycles. The van der Waals surface area contributed by atoms with E-state index in [1.54, 1.807) is 0 Å². The van der Waals surface area contributed by atoms with Crippen molar-refractivity contribution in [3.05, 3.63) is 0 Å². The quantitative estimate of drug-likeness (QED) is 0.754. The van der Waals surface area contributed by atoms with Gasteiger partial charge >= 0.3 is 0 Å². The Morgan fingerprint density at radius 3 is 2.05 bits per heavy atom. The zero-order valence-electron chi connectivity index (χ0n) is 15.0. The maximum Gasteiger partial charge on any atom is 0.0220 e. The molecule has 0 spiro atoms. The molecule has 1 rings (SSSR count). The SMILES string of the molecule is CCC(C)(C)C1CCC(NC(CN(C)C)C(C)C)CC1. The van der Waals surface area contributed by atoms with Crippen molar-refractivity contribution in [3.8, 4) is 0 Å². The van der Waals surface area contributed by atoms with E-state index in [0.717, 1.165) is 18.5 Å². The molecule has 20 heavy (non-hydrogen) atoms.